The number of rotatable bonds is 4. The molecule has 1 aromatic carbocycles. The minimum Gasteiger partial charge on any atom is -0.444 e. The van der Waals surface area contributed by atoms with Gasteiger partial charge in [0, 0.05) is 33.1 Å². The maximum absolute atomic E-state index is 13.3. The molecule has 0 bridgehead atoms. The molecule has 8 heteroatoms. The topological polar surface area (TPSA) is 77.8 Å². The van der Waals surface area contributed by atoms with Crippen molar-refractivity contribution >= 4 is 31.1 Å². The molecule has 2 aliphatic heterocycles. The highest BCUT2D eigenvalue weighted by molar-refractivity contribution is 6.00. The summed E-state index contributed by atoms with van der Waals surface area (Å²) in [6, 6.07) is 7.08. The van der Waals surface area contributed by atoms with E-state index < -0.39 is 5.60 Å². The highest BCUT2D eigenvalue weighted by atomic mass is 16.6. The lowest BCUT2D eigenvalue weighted by molar-refractivity contribution is 0.0122. The highest BCUT2D eigenvalue weighted by Crippen LogP contribution is 2.34. The van der Waals surface area contributed by atoms with Crippen LogP contribution in [-0.4, -0.2) is 66.5 Å². The van der Waals surface area contributed by atoms with Crippen molar-refractivity contribution in [3.8, 4) is 0 Å². The van der Waals surface area contributed by atoms with Gasteiger partial charge in [-0.15, -0.1) is 0 Å². The summed E-state index contributed by atoms with van der Waals surface area (Å²) >= 11 is 0. The van der Waals surface area contributed by atoms with Gasteiger partial charge in [-0.05, 0) is 51.7 Å². The molecule has 0 unspecified atom stereocenters. The van der Waals surface area contributed by atoms with Gasteiger partial charge in [-0.1, -0.05) is 12.1 Å². The maximum atomic E-state index is 13.3. The Morgan fingerprint density at radius 3 is 2.45 bits per heavy atom. The molecule has 8 nitrogen and oxygen atoms in total. The van der Waals surface area contributed by atoms with Crippen molar-refractivity contribution in [2.75, 3.05) is 24.8 Å². The summed E-state index contributed by atoms with van der Waals surface area (Å²) in [5, 5.41) is 8.84. The van der Waals surface area contributed by atoms with E-state index in [4.69, 9.17) is 4.74 Å². The summed E-state index contributed by atoms with van der Waals surface area (Å²) in [6.07, 6.45) is 1.50. The molecule has 0 aliphatic carbocycles. The first-order valence-electron chi connectivity index (χ1n) is 9.86. The molecule has 156 valence electrons. The van der Waals surface area contributed by atoms with E-state index in [1.165, 1.54) is 5.12 Å². The van der Waals surface area contributed by atoms with Gasteiger partial charge in [0.2, 0.25) is 0 Å². The number of piperidine rings is 1. The lowest BCUT2D eigenvalue weighted by Crippen LogP contribution is -2.52. The SMILES string of the molecule is C=NN(N=C)c1ccccc1C(=O)N1CC[C@H]2CCN(C(=O)OC(C)(C)C)[C@H]2C1. The number of benzene rings is 1. The summed E-state index contributed by atoms with van der Waals surface area (Å²) in [5.41, 5.74) is 0.463. The van der Waals surface area contributed by atoms with Crippen LogP contribution in [0, 0.1) is 5.92 Å². The summed E-state index contributed by atoms with van der Waals surface area (Å²) < 4.78 is 5.57. The van der Waals surface area contributed by atoms with Gasteiger partial charge in [-0.3, -0.25) is 4.79 Å². The van der Waals surface area contributed by atoms with Crippen molar-refractivity contribution in [2.24, 2.45) is 16.1 Å². The van der Waals surface area contributed by atoms with Crippen LogP contribution < -0.4 is 5.12 Å². The number of carbonyl (C=O) groups excluding carboxylic acids is 2. The Balaban J connectivity index is 1.78. The molecular weight excluding hydrogens is 370 g/mol. The Kier molecular flexibility index (Phi) is 5.91. The van der Waals surface area contributed by atoms with E-state index in [2.05, 4.69) is 23.6 Å². The number of ether oxygens (including phenoxy) is 1. The zero-order chi connectivity index (χ0) is 21.2. The smallest absolute Gasteiger partial charge is 0.410 e. The van der Waals surface area contributed by atoms with Crippen molar-refractivity contribution < 1.29 is 14.3 Å². The van der Waals surface area contributed by atoms with Gasteiger partial charge in [-0.2, -0.15) is 15.3 Å². The second kappa shape index (κ2) is 8.23. The predicted molar refractivity (Wildman–Crippen MR) is 113 cm³/mol. The first-order chi connectivity index (χ1) is 13.7. The van der Waals surface area contributed by atoms with E-state index in [1.807, 2.05) is 26.8 Å². The van der Waals surface area contributed by atoms with E-state index in [0.717, 1.165) is 12.8 Å². The van der Waals surface area contributed by atoms with Crippen molar-refractivity contribution in [1.82, 2.24) is 9.80 Å². The Morgan fingerprint density at radius 1 is 1.14 bits per heavy atom. The van der Waals surface area contributed by atoms with E-state index in [0.29, 0.717) is 36.8 Å². The molecule has 1 aromatic rings. The van der Waals surface area contributed by atoms with E-state index >= 15 is 0 Å². The number of anilines is 1. The van der Waals surface area contributed by atoms with Crippen LogP contribution in [0.25, 0.3) is 0 Å². The van der Waals surface area contributed by atoms with Crippen molar-refractivity contribution in [3.05, 3.63) is 29.8 Å². The highest BCUT2D eigenvalue weighted by Gasteiger charge is 2.43. The Bertz CT molecular complexity index is 796. The second-order valence-corrected chi connectivity index (χ2v) is 8.42. The monoisotopic (exact) mass is 399 g/mol. The maximum Gasteiger partial charge on any atom is 0.410 e. The number of likely N-dealkylation sites (tertiary alicyclic amines) is 2. The molecule has 2 heterocycles. The van der Waals surface area contributed by atoms with Crippen LogP contribution in [0.4, 0.5) is 10.5 Å². The number of fused-ring (bicyclic) bond motifs is 1. The quantitative estimate of drug-likeness (QED) is 0.575. The molecule has 2 saturated heterocycles. The molecule has 0 spiro atoms. The molecular formula is C21H29N5O3. The molecule has 2 aliphatic rings. The molecule has 0 saturated carbocycles. The fraction of sp³-hybridized carbons (Fsp3) is 0.524. The number of carbonyl (C=O) groups is 2. The van der Waals surface area contributed by atoms with Crippen LogP contribution in [0.3, 0.4) is 0 Å². The minimum atomic E-state index is -0.545. The standard InChI is InChI=1S/C21H29N5O3/c1-21(2,3)29-20(28)25-13-11-15-10-12-24(14-18(15)25)19(27)16-8-6-7-9-17(16)26(22-4)23-5/h6-9,15,18H,4-5,10-14H2,1-3H3/t15-,18-/m0/s1. The number of hydrogen-bond donors (Lipinski definition) is 0. The Labute approximate surface area is 171 Å². The third-order valence-electron chi connectivity index (χ3n) is 5.40. The third kappa shape index (κ3) is 4.41. The van der Waals surface area contributed by atoms with Gasteiger partial charge in [0.1, 0.15) is 5.60 Å². The molecule has 0 aromatic heterocycles. The van der Waals surface area contributed by atoms with Crippen LogP contribution in [0.2, 0.25) is 0 Å². The van der Waals surface area contributed by atoms with Gasteiger partial charge in [-0.25, -0.2) is 4.79 Å². The predicted octanol–water partition coefficient (Wildman–Crippen LogP) is 3.20. The Hall–Kier alpha value is -2.90. The second-order valence-electron chi connectivity index (χ2n) is 8.42. The van der Waals surface area contributed by atoms with E-state index in [1.54, 1.807) is 28.0 Å². The molecule has 3 rings (SSSR count). The van der Waals surface area contributed by atoms with Gasteiger partial charge < -0.3 is 14.5 Å². The van der Waals surface area contributed by atoms with Crippen LogP contribution in [0.5, 0.6) is 0 Å². The Morgan fingerprint density at radius 2 is 1.79 bits per heavy atom. The van der Waals surface area contributed by atoms with Crippen molar-refractivity contribution in [1.29, 1.82) is 0 Å². The lowest BCUT2D eigenvalue weighted by atomic mass is 9.91. The normalized spacial score (nSPS) is 21.3. The largest absolute Gasteiger partial charge is 0.444 e. The number of nitrogens with zero attached hydrogens (tertiary/aromatic N) is 5. The summed E-state index contributed by atoms with van der Waals surface area (Å²) in [7, 11) is 0. The first-order valence-corrected chi connectivity index (χ1v) is 9.86. The fourth-order valence-corrected chi connectivity index (χ4v) is 4.07. The fourth-order valence-electron chi connectivity index (χ4n) is 4.07. The van der Waals surface area contributed by atoms with Gasteiger partial charge >= 0.3 is 6.09 Å². The molecule has 2 amide bonds. The summed E-state index contributed by atoms with van der Waals surface area (Å²) in [5.74, 6) is 0.274. The van der Waals surface area contributed by atoms with Crippen LogP contribution >= 0.6 is 0 Å². The number of amides is 2. The minimum absolute atomic E-state index is 0.0270. The zero-order valence-corrected chi connectivity index (χ0v) is 17.4. The molecule has 29 heavy (non-hydrogen) atoms. The molecule has 0 radical (unpaired) electrons. The van der Waals surface area contributed by atoms with Crippen molar-refractivity contribution in [3.63, 3.8) is 0 Å². The average molecular weight is 399 g/mol. The summed E-state index contributed by atoms with van der Waals surface area (Å²) in [6.45, 7) is 14.3. The van der Waals surface area contributed by atoms with E-state index in [9.17, 15) is 9.59 Å². The third-order valence-corrected chi connectivity index (χ3v) is 5.40. The first kappa shape index (κ1) is 20.8. The zero-order valence-electron chi connectivity index (χ0n) is 17.4. The van der Waals surface area contributed by atoms with E-state index in [-0.39, 0.29) is 18.0 Å². The van der Waals surface area contributed by atoms with Crippen LogP contribution in [0.15, 0.2) is 34.5 Å². The lowest BCUT2D eigenvalue weighted by Gasteiger charge is -2.39. The van der Waals surface area contributed by atoms with Gasteiger partial charge in [0.15, 0.2) is 0 Å². The molecule has 0 N–H and O–H groups in total. The molecule has 2 fully saturated rings. The molecule has 2 atom stereocenters. The van der Waals surface area contributed by atoms with Crippen molar-refractivity contribution in [2.45, 2.75) is 45.3 Å². The number of hydrazone groups is 2. The van der Waals surface area contributed by atoms with Gasteiger partial charge in [0.25, 0.3) is 5.91 Å². The number of para-hydroxylation sites is 1. The number of hydrogen-bond acceptors (Lipinski definition) is 6. The van der Waals surface area contributed by atoms with Crippen LogP contribution in [-0.2, 0) is 4.74 Å². The van der Waals surface area contributed by atoms with Gasteiger partial charge in [0.05, 0.1) is 17.3 Å². The summed E-state index contributed by atoms with van der Waals surface area (Å²) in [4.78, 5) is 29.5. The average Bonchev–Trinajstić information content (AvgIpc) is 3.11. The van der Waals surface area contributed by atoms with Crippen LogP contribution in [0.1, 0.15) is 44.0 Å².